The summed E-state index contributed by atoms with van der Waals surface area (Å²) >= 11 is 0. The second-order valence-electron chi connectivity index (χ2n) is 8.38. The number of nitrogens with one attached hydrogen (secondary N) is 2. The van der Waals surface area contributed by atoms with Gasteiger partial charge in [-0.15, -0.1) is 0 Å². The molecule has 23 heavy (non-hydrogen) atoms. The molecule has 4 heteroatoms. The Bertz CT molecular complexity index is 452. The highest BCUT2D eigenvalue weighted by Gasteiger charge is 2.66. The normalized spacial score (nSPS) is 41.8. The van der Waals surface area contributed by atoms with E-state index in [9.17, 15) is 0 Å². The Balaban J connectivity index is 1.39. The van der Waals surface area contributed by atoms with Gasteiger partial charge < -0.3 is 15.4 Å². The maximum Gasteiger partial charge on any atom is 0.191 e. The van der Waals surface area contributed by atoms with E-state index in [-0.39, 0.29) is 0 Å². The van der Waals surface area contributed by atoms with Crippen molar-refractivity contribution in [2.45, 2.75) is 83.4 Å². The quantitative estimate of drug-likeness (QED) is 0.621. The van der Waals surface area contributed by atoms with Gasteiger partial charge in [-0.3, -0.25) is 4.99 Å². The third-order valence-electron chi connectivity index (χ3n) is 7.00. The first-order chi connectivity index (χ1) is 11.2. The zero-order valence-corrected chi connectivity index (χ0v) is 14.8. The average molecular weight is 319 g/mol. The number of aliphatic imine (C=N–C) groups is 1. The fourth-order valence-corrected chi connectivity index (χ4v) is 5.49. The molecule has 4 aliphatic rings. The minimum atomic E-state index is 0.429. The van der Waals surface area contributed by atoms with E-state index in [0.717, 1.165) is 25.0 Å². The maximum absolute atomic E-state index is 6.04. The van der Waals surface area contributed by atoms with Gasteiger partial charge in [-0.05, 0) is 57.8 Å². The van der Waals surface area contributed by atoms with Gasteiger partial charge >= 0.3 is 0 Å². The van der Waals surface area contributed by atoms with E-state index >= 15 is 0 Å². The summed E-state index contributed by atoms with van der Waals surface area (Å²) in [6.07, 6.45) is 11.1. The van der Waals surface area contributed by atoms with Gasteiger partial charge in [0.1, 0.15) is 0 Å². The van der Waals surface area contributed by atoms with Crippen molar-refractivity contribution in [2.75, 3.05) is 13.2 Å². The van der Waals surface area contributed by atoms with Gasteiger partial charge in [-0.25, -0.2) is 0 Å². The van der Waals surface area contributed by atoms with Crippen LogP contribution in [-0.4, -0.2) is 37.3 Å². The lowest BCUT2D eigenvalue weighted by Crippen LogP contribution is -2.72. The predicted molar refractivity (Wildman–Crippen MR) is 93.6 cm³/mol. The molecule has 0 aromatic rings. The Morgan fingerprint density at radius 1 is 1.13 bits per heavy atom. The first-order valence-electron chi connectivity index (χ1n) is 9.92. The number of nitrogens with zero attached hydrogens (tertiary/aromatic N) is 1. The number of hydrogen-bond donors (Lipinski definition) is 2. The summed E-state index contributed by atoms with van der Waals surface area (Å²) in [5, 5.41) is 7.58. The summed E-state index contributed by atoms with van der Waals surface area (Å²) in [5.74, 6) is 2.67. The van der Waals surface area contributed by atoms with Crippen LogP contribution in [0.1, 0.15) is 65.2 Å². The highest BCUT2D eigenvalue weighted by molar-refractivity contribution is 5.80. The smallest absolute Gasteiger partial charge is 0.191 e. The number of guanidine groups is 1. The van der Waals surface area contributed by atoms with Crippen LogP contribution in [0.15, 0.2) is 4.99 Å². The third-order valence-corrected chi connectivity index (χ3v) is 7.00. The zero-order valence-electron chi connectivity index (χ0n) is 14.8. The van der Waals surface area contributed by atoms with E-state index in [4.69, 9.17) is 9.73 Å². The van der Waals surface area contributed by atoms with Crippen molar-refractivity contribution in [3.63, 3.8) is 0 Å². The minimum Gasteiger partial charge on any atom is -0.377 e. The topological polar surface area (TPSA) is 45.7 Å². The summed E-state index contributed by atoms with van der Waals surface area (Å²) in [7, 11) is 0. The molecule has 1 heterocycles. The molecule has 130 valence electrons. The molecule has 0 bridgehead atoms. The lowest BCUT2D eigenvalue weighted by atomic mass is 9.46. The molecule has 1 aliphatic heterocycles. The molecule has 0 aromatic carbocycles. The maximum atomic E-state index is 6.04. The fourth-order valence-electron chi connectivity index (χ4n) is 5.49. The van der Waals surface area contributed by atoms with E-state index in [1.54, 1.807) is 0 Å². The van der Waals surface area contributed by atoms with Crippen LogP contribution >= 0.6 is 0 Å². The van der Waals surface area contributed by atoms with Gasteiger partial charge in [0.05, 0.1) is 6.10 Å². The molecule has 2 N–H and O–H groups in total. The molecule has 4 fully saturated rings. The molecular formula is C19H33N3O. The van der Waals surface area contributed by atoms with E-state index in [1.165, 1.54) is 51.4 Å². The highest BCUT2D eigenvalue weighted by Crippen LogP contribution is 2.62. The molecule has 0 radical (unpaired) electrons. The minimum absolute atomic E-state index is 0.429. The lowest BCUT2D eigenvalue weighted by molar-refractivity contribution is -0.171. The molecule has 3 unspecified atom stereocenters. The van der Waals surface area contributed by atoms with Crippen molar-refractivity contribution in [1.29, 1.82) is 0 Å². The standard InChI is InChI=1S/C19H33N3O/c1-3-20-18(21-14-7-5-13(2)6-8-14)22-16-15-9-12-23-17(15)19(16)10-4-11-19/h13-17H,3-12H2,1-2H3,(H2,20,21,22). The van der Waals surface area contributed by atoms with Crippen molar-refractivity contribution in [3.8, 4) is 0 Å². The van der Waals surface area contributed by atoms with Crippen LogP contribution < -0.4 is 10.6 Å². The van der Waals surface area contributed by atoms with Gasteiger partial charge in [-0.2, -0.15) is 0 Å². The molecular weight excluding hydrogens is 286 g/mol. The Morgan fingerprint density at radius 2 is 1.91 bits per heavy atom. The van der Waals surface area contributed by atoms with Crippen LogP contribution in [-0.2, 0) is 4.74 Å². The lowest BCUT2D eigenvalue weighted by Gasteiger charge is -2.63. The van der Waals surface area contributed by atoms with Gasteiger partial charge in [0.2, 0.25) is 0 Å². The number of ether oxygens (including phenoxy) is 1. The Kier molecular flexibility index (Phi) is 4.29. The van der Waals surface area contributed by atoms with E-state index in [1.807, 2.05) is 0 Å². The predicted octanol–water partition coefficient (Wildman–Crippen LogP) is 3.08. The van der Waals surface area contributed by atoms with E-state index in [2.05, 4.69) is 24.5 Å². The van der Waals surface area contributed by atoms with Crippen LogP contribution in [0.4, 0.5) is 0 Å². The van der Waals surface area contributed by atoms with E-state index < -0.39 is 0 Å². The Hall–Kier alpha value is -0.770. The van der Waals surface area contributed by atoms with Crippen LogP contribution in [0, 0.1) is 17.3 Å². The third kappa shape index (κ3) is 2.67. The molecule has 1 spiro atoms. The van der Waals surface area contributed by atoms with Crippen molar-refractivity contribution in [3.05, 3.63) is 0 Å². The number of rotatable bonds is 3. The van der Waals surface area contributed by atoms with Crippen LogP contribution in [0.2, 0.25) is 0 Å². The Morgan fingerprint density at radius 3 is 2.57 bits per heavy atom. The molecule has 3 atom stereocenters. The molecule has 1 saturated heterocycles. The molecule has 3 saturated carbocycles. The largest absolute Gasteiger partial charge is 0.377 e. The first kappa shape index (κ1) is 15.7. The van der Waals surface area contributed by atoms with Gasteiger partial charge in [0, 0.05) is 36.6 Å². The number of hydrogen-bond acceptors (Lipinski definition) is 2. The summed E-state index contributed by atoms with van der Waals surface area (Å²) in [6.45, 7) is 6.32. The molecule has 3 aliphatic carbocycles. The van der Waals surface area contributed by atoms with Crippen molar-refractivity contribution in [1.82, 2.24) is 10.6 Å². The van der Waals surface area contributed by atoms with Gasteiger partial charge in [-0.1, -0.05) is 13.3 Å². The SMILES string of the molecule is CCN=C(NC1CCC(C)CC1)NC1C2CCOC2C12CCC2. The van der Waals surface area contributed by atoms with Crippen LogP contribution in [0.3, 0.4) is 0 Å². The summed E-state index contributed by atoms with van der Waals surface area (Å²) in [5.41, 5.74) is 0.429. The van der Waals surface area contributed by atoms with Crippen molar-refractivity contribution >= 4 is 5.96 Å². The van der Waals surface area contributed by atoms with Gasteiger partial charge in [0.25, 0.3) is 0 Å². The van der Waals surface area contributed by atoms with Gasteiger partial charge in [0.15, 0.2) is 5.96 Å². The second kappa shape index (κ2) is 6.27. The van der Waals surface area contributed by atoms with Crippen LogP contribution in [0.5, 0.6) is 0 Å². The summed E-state index contributed by atoms with van der Waals surface area (Å²) in [6, 6.07) is 1.20. The van der Waals surface area contributed by atoms with Crippen molar-refractivity contribution in [2.24, 2.45) is 22.2 Å². The molecule has 0 amide bonds. The second-order valence-corrected chi connectivity index (χ2v) is 8.38. The fraction of sp³-hybridized carbons (Fsp3) is 0.947. The molecule has 0 aromatic heterocycles. The van der Waals surface area contributed by atoms with E-state index in [0.29, 0.717) is 29.5 Å². The summed E-state index contributed by atoms with van der Waals surface area (Å²) < 4.78 is 6.04. The average Bonchev–Trinajstić information content (AvgIpc) is 2.91. The van der Waals surface area contributed by atoms with Crippen LogP contribution in [0.25, 0.3) is 0 Å². The zero-order chi connectivity index (χ0) is 15.9. The molecule has 4 rings (SSSR count). The number of fused-ring (bicyclic) bond motifs is 2. The first-order valence-corrected chi connectivity index (χ1v) is 9.92. The highest BCUT2D eigenvalue weighted by atomic mass is 16.5. The van der Waals surface area contributed by atoms with Crippen molar-refractivity contribution < 1.29 is 4.74 Å². The monoisotopic (exact) mass is 319 g/mol. The Labute approximate surface area is 140 Å². The summed E-state index contributed by atoms with van der Waals surface area (Å²) in [4.78, 5) is 4.75. The molecule has 4 nitrogen and oxygen atoms in total.